The molecular weight excluding hydrogens is 338 g/mol. The minimum atomic E-state index is -1.32. The number of hydrogen-bond donors (Lipinski definition) is 2. The summed E-state index contributed by atoms with van der Waals surface area (Å²) in [4.78, 5) is 47.3. The third-order valence-corrected chi connectivity index (χ3v) is 3.92. The van der Waals surface area contributed by atoms with Crippen LogP contribution in [-0.2, 0) is 14.3 Å². The van der Waals surface area contributed by atoms with Gasteiger partial charge < -0.3 is 14.9 Å². The molecule has 0 aromatic heterocycles. The Morgan fingerprint density at radius 3 is 2.67 bits per heavy atom. The Morgan fingerprint density at radius 1 is 1.33 bits per heavy atom. The smallest absolute Gasteiger partial charge is 0.339 e. The molecule has 1 aromatic rings. The Hall–Kier alpha value is -2.81. The van der Waals surface area contributed by atoms with E-state index in [1.165, 1.54) is 24.3 Å². The van der Waals surface area contributed by atoms with E-state index in [2.05, 4.69) is 0 Å². The molecule has 9 heteroatoms. The van der Waals surface area contributed by atoms with E-state index in [9.17, 15) is 24.3 Å². The lowest BCUT2D eigenvalue weighted by molar-refractivity contribution is -0.145. The Balaban J connectivity index is 2.24. The van der Waals surface area contributed by atoms with Gasteiger partial charge in [-0.25, -0.2) is 4.79 Å². The van der Waals surface area contributed by atoms with Gasteiger partial charge in [-0.1, -0.05) is 6.07 Å². The number of benzene rings is 1. The molecule has 0 unspecified atom stereocenters. The number of aromatic carboxylic acids is 1. The van der Waals surface area contributed by atoms with Crippen LogP contribution in [0.2, 0.25) is 0 Å². The van der Waals surface area contributed by atoms with Crippen LogP contribution >= 0.6 is 11.8 Å². The molecule has 1 saturated heterocycles. The highest BCUT2D eigenvalue weighted by molar-refractivity contribution is 8.18. The average molecular weight is 351 g/mol. The van der Waals surface area contributed by atoms with Crippen molar-refractivity contribution >= 4 is 40.9 Å². The fraction of sp³-hybridized carbons (Fsp3) is 0.200. The molecule has 0 aliphatic carbocycles. The van der Waals surface area contributed by atoms with Gasteiger partial charge in [0.25, 0.3) is 11.1 Å². The summed E-state index contributed by atoms with van der Waals surface area (Å²) in [5.74, 6) is -3.09. The summed E-state index contributed by atoms with van der Waals surface area (Å²) < 4.78 is 4.70. The number of amides is 2. The number of carboxylic acid groups (broad SMARTS) is 1. The second-order valence-electron chi connectivity index (χ2n) is 4.65. The molecule has 0 spiro atoms. The molecule has 24 heavy (non-hydrogen) atoms. The van der Waals surface area contributed by atoms with Gasteiger partial charge in [-0.3, -0.25) is 19.3 Å². The van der Waals surface area contributed by atoms with Gasteiger partial charge in [0.05, 0.1) is 11.5 Å². The van der Waals surface area contributed by atoms with Gasteiger partial charge >= 0.3 is 11.9 Å². The van der Waals surface area contributed by atoms with E-state index in [1.807, 2.05) is 0 Å². The molecule has 0 bridgehead atoms. The lowest BCUT2D eigenvalue weighted by Crippen LogP contribution is -2.34. The lowest BCUT2D eigenvalue weighted by Gasteiger charge is -2.10. The zero-order chi connectivity index (χ0) is 17.9. The molecular formula is C15H13NO7S. The highest BCUT2D eigenvalue weighted by atomic mass is 32.2. The second kappa shape index (κ2) is 7.18. The summed E-state index contributed by atoms with van der Waals surface area (Å²) in [6.45, 7) is 1.26. The van der Waals surface area contributed by atoms with Gasteiger partial charge in [0, 0.05) is 0 Å². The Morgan fingerprint density at radius 2 is 2.04 bits per heavy atom. The van der Waals surface area contributed by atoms with E-state index in [0.29, 0.717) is 17.3 Å². The fourth-order valence-electron chi connectivity index (χ4n) is 1.94. The first-order valence-electron chi connectivity index (χ1n) is 6.80. The third kappa shape index (κ3) is 3.74. The number of nitrogens with zero attached hydrogens (tertiary/aromatic N) is 1. The van der Waals surface area contributed by atoms with Crippen molar-refractivity contribution in [2.45, 2.75) is 6.92 Å². The summed E-state index contributed by atoms with van der Waals surface area (Å²) in [6, 6.07) is 3.76. The van der Waals surface area contributed by atoms with Crippen molar-refractivity contribution in [1.29, 1.82) is 0 Å². The zero-order valence-electron chi connectivity index (χ0n) is 12.5. The Labute approximate surface area is 140 Å². The maximum absolute atomic E-state index is 12.2. The number of carbonyl (C=O) groups excluding carboxylic acids is 3. The quantitative estimate of drug-likeness (QED) is 0.607. The largest absolute Gasteiger partial charge is 0.507 e. The van der Waals surface area contributed by atoms with E-state index < -0.39 is 35.4 Å². The number of thioether (sulfide) groups is 1. The van der Waals surface area contributed by atoms with E-state index in [4.69, 9.17) is 9.84 Å². The standard InChI is InChI=1S/C15H13NO7S/c1-2-23-12(18)7-16-13(19)11(24-15(16)22)6-8-3-4-10(17)9(5-8)14(20)21/h3-6,17H,2,7H2,1H3,(H,20,21)/b11-6-. The Bertz CT molecular complexity index is 756. The van der Waals surface area contributed by atoms with Gasteiger partial charge in [0.15, 0.2) is 0 Å². The van der Waals surface area contributed by atoms with Crippen LogP contribution in [-0.4, -0.2) is 51.3 Å². The van der Waals surface area contributed by atoms with Crippen LogP contribution in [0.4, 0.5) is 4.79 Å². The third-order valence-electron chi connectivity index (χ3n) is 3.01. The van der Waals surface area contributed by atoms with Crippen molar-refractivity contribution < 1.29 is 34.1 Å². The van der Waals surface area contributed by atoms with Crippen LogP contribution in [0.1, 0.15) is 22.8 Å². The number of carboxylic acids is 1. The van der Waals surface area contributed by atoms with Crippen molar-refractivity contribution in [2.75, 3.05) is 13.2 Å². The first-order chi connectivity index (χ1) is 11.3. The maximum Gasteiger partial charge on any atom is 0.339 e. The molecule has 1 aliphatic rings. The molecule has 2 amide bonds. The van der Waals surface area contributed by atoms with Gasteiger partial charge in [-0.05, 0) is 42.5 Å². The van der Waals surface area contributed by atoms with Crippen molar-refractivity contribution in [3.8, 4) is 5.75 Å². The Kier molecular flexibility index (Phi) is 5.24. The summed E-state index contributed by atoms with van der Waals surface area (Å²) in [6.07, 6.45) is 1.32. The molecule has 0 radical (unpaired) electrons. The summed E-state index contributed by atoms with van der Waals surface area (Å²) in [5, 5.41) is 17.8. The van der Waals surface area contributed by atoms with Crippen LogP contribution in [0.15, 0.2) is 23.1 Å². The molecule has 1 fully saturated rings. The minimum absolute atomic E-state index is 0.0475. The summed E-state index contributed by atoms with van der Waals surface area (Å²) >= 11 is 0.636. The number of hydrogen-bond acceptors (Lipinski definition) is 7. The van der Waals surface area contributed by atoms with E-state index in [0.717, 1.165) is 4.90 Å². The highest BCUT2D eigenvalue weighted by Gasteiger charge is 2.36. The van der Waals surface area contributed by atoms with Gasteiger partial charge in [-0.15, -0.1) is 0 Å². The molecule has 126 valence electrons. The van der Waals surface area contributed by atoms with E-state index in [1.54, 1.807) is 6.92 Å². The molecule has 1 aromatic carbocycles. The molecule has 2 N–H and O–H groups in total. The molecule has 2 rings (SSSR count). The molecule has 0 saturated carbocycles. The van der Waals surface area contributed by atoms with Crippen LogP contribution in [0, 0.1) is 0 Å². The van der Waals surface area contributed by atoms with Crippen LogP contribution < -0.4 is 0 Å². The van der Waals surface area contributed by atoms with Gasteiger partial charge in [-0.2, -0.15) is 0 Å². The van der Waals surface area contributed by atoms with Gasteiger partial charge in [0.1, 0.15) is 17.9 Å². The van der Waals surface area contributed by atoms with Crippen molar-refractivity contribution in [3.05, 3.63) is 34.2 Å². The monoisotopic (exact) mass is 351 g/mol. The SMILES string of the molecule is CCOC(=O)CN1C(=O)S/C(=C\c2ccc(O)c(C(=O)O)c2)C1=O. The number of aromatic hydroxyl groups is 1. The van der Waals surface area contributed by atoms with Crippen molar-refractivity contribution in [1.82, 2.24) is 4.90 Å². The number of esters is 1. The number of carbonyl (C=O) groups is 4. The first-order valence-corrected chi connectivity index (χ1v) is 7.62. The van der Waals surface area contributed by atoms with E-state index in [-0.39, 0.29) is 17.1 Å². The second-order valence-corrected chi connectivity index (χ2v) is 5.65. The normalized spacial score (nSPS) is 15.9. The minimum Gasteiger partial charge on any atom is -0.507 e. The molecule has 8 nitrogen and oxygen atoms in total. The number of ether oxygens (including phenoxy) is 1. The summed E-state index contributed by atoms with van der Waals surface area (Å²) in [7, 11) is 0. The number of rotatable bonds is 5. The lowest BCUT2D eigenvalue weighted by atomic mass is 10.1. The predicted molar refractivity (Wildman–Crippen MR) is 84.4 cm³/mol. The molecule has 1 aliphatic heterocycles. The van der Waals surface area contributed by atoms with Crippen molar-refractivity contribution in [3.63, 3.8) is 0 Å². The van der Waals surface area contributed by atoms with Gasteiger partial charge in [0.2, 0.25) is 0 Å². The number of imide groups is 1. The topological polar surface area (TPSA) is 121 Å². The van der Waals surface area contributed by atoms with Crippen LogP contribution in [0.3, 0.4) is 0 Å². The zero-order valence-corrected chi connectivity index (χ0v) is 13.3. The van der Waals surface area contributed by atoms with Crippen LogP contribution in [0.5, 0.6) is 5.75 Å². The van der Waals surface area contributed by atoms with Crippen molar-refractivity contribution in [2.24, 2.45) is 0 Å². The number of phenols is 1. The first kappa shape index (κ1) is 17.5. The summed E-state index contributed by atoms with van der Waals surface area (Å²) in [5.41, 5.74) is 0.00124. The predicted octanol–water partition coefficient (Wildman–Crippen LogP) is 1.69. The molecule has 0 atom stereocenters. The average Bonchev–Trinajstić information content (AvgIpc) is 2.77. The fourth-order valence-corrected chi connectivity index (χ4v) is 2.78. The van der Waals surface area contributed by atoms with Crippen LogP contribution in [0.25, 0.3) is 6.08 Å². The molecule has 1 heterocycles. The van der Waals surface area contributed by atoms with E-state index >= 15 is 0 Å². The highest BCUT2D eigenvalue weighted by Crippen LogP contribution is 2.32. The maximum atomic E-state index is 12.2.